The van der Waals surface area contributed by atoms with Crippen LogP contribution in [-0.2, 0) is 16.1 Å². The van der Waals surface area contributed by atoms with E-state index in [2.05, 4.69) is 17.4 Å². The molecular formula is C15H22N2O2. The summed E-state index contributed by atoms with van der Waals surface area (Å²) < 4.78 is 5.57. The number of carbonyl (C=O) groups excluding carboxylic acids is 1. The van der Waals surface area contributed by atoms with Gasteiger partial charge in [-0.05, 0) is 25.0 Å². The highest BCUT2D eigenvalue weighted by molar-refractivity contribution is 5.78. The van der Waals surface area contributed by atoms with E-state index in [-0.39, 0.29) is 11.9 Å². The molecule has 1 aromatic carbocycles. The average molecular weight is 262 g/mol. The molecule has 0 radical (unpaired) electrons. The maximum atomic E-state index is 12.0. The highest BCUT2D eigenvalue weighted by Gasteiger charge is 2.21. The van der Waals surface area contributed by atoms with Crippen molar-refractivity contribution in [3.63, 3.8) is 0 Å². The van der Waals surface area contributed by atoms with E-state index in [0.717, 1.165) is 13.1 Å². The lowest BCUT2D eigenvalue weighted by Gasteiger charge is -2.27. The van der Waals surface area contributed by atoms with Crippen molar-refractivity contribution in [2.45, 2.75) is 26.5 Å². The molecule has 0 aromatic heterocycles. The number of benzene rings is 1. The summed E-state index contributed by atoms with van der Waals surface area (Å²) in [4.78, 5) is 13.8. The first-order chi connectivity index (χ1) is 9.26. The van der Waals surface area contributed by atoms with Gasteiger partial charge in [0.25, 0.3) is 0 Å². The number of nitrogens with zero attached hydrogens (tertiary/aromatic N) is 1. The number of likely N-dealkylation sites (N-methyl/N-ethyl adjacent to an activating group) is 1. The van der Waals surface area contributed by atoms with E-state index >= 15 is 0 Å². The lowest BCUT2D eigenvalue weighted by molar-refractivity contribution is -0.130. The maximum absolute atomic E-state index is 12.0. The zero-order valence-corrected chi connectivity index (χ0v) is 11.7. The van der Waals surface area contributed by atoms with Gasteiger partial charge in [-0.25, -0.2) is 0 Å². The van der Waals surface area contributed by atoms with Crippen LogP contribution < -0.4 is 5.32 Å². The Morgan fingerprint density at radius 2 is 2.11 bits per heavy atom. The molecule has 1 heterocycles. The Balaban J connectivity index is 1.96. The van der Waals surface area contributed by atoms with E-state index in [1.807, 2.05) is 30.9 Å². The van der Waals surface area contributed by atoms with E-state index in [9.17, 15) is 4.79 Å². The van der Waals surface area contributed by atoms with Crippen molar-refractivity contribution in [2.75, 3.05) is 26.2 Å². The standard InChI is InChI=1S/C15H22N2O2/c1-3-17(4-2)15(18)9-16-14-11-19-10-12-7-5-6-8-13(12)14/h5-8,14,16H,3-4,9-11H2,1-2H3. The Bertz CT molecular complexity index is 430. The van der Waals surface area contributed by atoms with Crippen LogP contribution >= 0.6 is 0 Å². The molecule has 0 bridgehead atoms. The molecule has 0 saturated carbocycles. The van der Waals surface area contributed by atoms with Gasteiger partial charge in [0.1, 0.15) is 0 Å². The molecule has 1 aliphatic heterocycles. The van der Waals surface area contributed by atoms with Crippen molar-refractivity contribution < 1.29 is 9.53 Å². The monoisotopic (exact) mass is 262 g/mol. The Kier molecular flexibility index (Phi) is 4.93. The maximum Gasteiger partial charge on any atom is 0.236 e. The second-order valence-corrected chi connectivity index (χ2v) is 4.71. The average Bonchev–Trinajstić information content (AvgIpc) is 2.46. The van der Waals surface area contributed by atoms with Gasteiger partial charge >= 0.3 is 0 Å². The smallest absolute Gasteiger partial charge is 0.236 e. The van der Waals surface area contributed by atoms with Crippen LogP contribution in [0, 0.1) is 0 Å². The summed E-state index contributed by atoms with van der Waals surface area (Å²) >= 11 is 0. The van der Waals surface area contributed by atoms with Crippen LogP contribution in [0.15, 0.2) is 24.3 Å². The molecule has 19 heavy (non-hydrogen) atoms. The molecule has 1 atom stereocenters. The topological polar surface area (TPSA) is 41.6 Å². The van der Waals surface area contributed by atoms with Gasteiger partial charge in [-0.3, -0.25) is 10.1 Å². The molecule has 4 heteroatoms. The van der Waals surface area contributed by atoms with Crippen molar-refractivity contribution >= 4 is 5.91 Å². The van der Waals surface area contributed by atoms with Crippen molar-refractivity contribution in [3.05, 3.63) is 35.4 Å². The Morgan fingerprint density at radius 1 is 1.37 bits per heavy atom. The van der Waals surface area contributed by atoms with E-state index < -0.39 is 0 Å². The third kappa shape index (κ3) is 3.33. The lowest BCUT2D eigenvalue weighted by Crippen LogP contribution is -2.40. The predicted molar refractivity (Wildman–Crippen MR) is 74.8 cm³/mol. The van der Waals surface area contributed by atoms with Crippen LogP contribution in [0.5, 0.6) is 0 Å². The number of nitrogens with one attached hydrogen (secondary N) is 1. The Hall–Kier alpha value is -1.39. The third-order valence-electron chi connectivity index (χ3n) is 3.59. The molecule has 104 valence electrons. The molecule has 2 rings (SSSR count). The number of ether oxygens (including phenoxy) is 1. The second-order valence-electron chi connectivity index (χ2n) is 4.71. The zero-order valence-electron chi connectivity index (χ0n) is 11.7. The quantitative estimate of drug-likeness (QED) is 0.878. The van der Waals surface area contributed by atoms with Gasteiger partial charge in [0.2, 0.25) is 5.91 Å². The van der Waals surface area contributed by atoms with Crippen molar-refractivity contribution in [1.29, 1.82) is 0 Å². The molecule has 0 saturated heterocycles. The molecule has 1 aliphatic rings. The first-order valence-corrected chi connectivity index (χ1v) is 6.93. The molecular weight excluding hydrogens is 240 g/mol. The van der Waals surface area contributed by atoms with Gasteiger partial charge in [0.05, 0.1) is 25.8 Å². The fourth-order valence-corrected chi connectivity index (χ4v) is 2.45. The SMILES string of the molecule is CCN(CC)C(=O)CNC1COCc2ccccc21. The van der Waals surface area contributed by atoms with E-state index in [1.54, 1.807) is 0 Å². The summed E-state index contributed by atoms with van der Waals surface area (Å²) in [6.45, 7) is 7.18. The van der Waals surface area contributed by atoms with Gasteiger partial charge in [-0.2, -0.15) is 0 Å². The van der Waals surface area contributed by atoms with Crippen LogP contribution in [0.2, 0.25) is 0 Å². The molecule has 1 N–H and O–H groups in total. The summed E-state index contributed by atoms with van der Waals surface area (Å²) in [6, 6.07) is 8.35. The summed E-state index contributed by atoms with van der Waals surface area (Å²) in [5, 5.41) is 3.31. The number of hydrogen-bond acceptors (Lipinski definition) is 3. The van der Waals surface area contributed by atoms with Gasteiger partial charge in [-0.1, -0.05) is 24.3 Å². The highest BCUT2D eigenvalue weighted by atomic mass is 16.5. The number of carbonyl (C=O) groups is 1. The van der Waals surface area contributed by atoms with E-state index in [4.69, 9.17) is 4.74 Å². The third-order valence-corrected chi connectivity index (χ3v) is 3.59. The van der Waals surface area contributed by atoms with E-state index in [1.165, 1.54) is 11.1 Å². The largest absolute Gasteiger partial charge is 0.375 e. The minimum Gasteiger partial charge on any atom is -0.375 e. The molecule has 0 aliphatic carbocycles. The van der Waals surface area contributed by atoms with Gasteiger partial charge in [0, 0.05) is 13.1 Å². The van der Waals surface area contributed by atoms with Crippen molar-refractivity contribution in [2.24, 2.45) is 0 Å². The van der Waals surface area contributed by atoms with E-state index in [0.29, 0.717) is 19.8 Å². The zero-order chi connectivity index (χ0) is 13.7. The first kappa shape index (κ1) is 14.0. The fraction of sp³-hybridized carbons (Fsp3) is 0.533. The molecule has 0 fully saturated rings. The van der Waals surface area contributed by atoms with Gasteiger partial charge in [0.15, 0.2) is 0 Å². The molecule has 1 aromatic rings. The Morgan fingerprint density at radius 3 is 2.84 bits per heavy atom. The minimum absolute atomic E-state index is 0.115. The first-order valence-electron chi connectivity index (χ1n) is 6.93. The molecule has 1 unspecified atom stereocenters. The molecule has 1 amide bonds. The lowest BCUT2D eigenvalue weighted by atomic mass is 9.99. The van der Waals surface area contributed by atoms with Gasteiger partial charge in [-0.15, -0.1) is 0 Å². The summed E-state index contributed by atoms with van der Waals surface area (Å²) in [7, 11) is 0. The molecule has 0 spiro atoms. The van der Waals surface area contributed by atoms with Crippen LogP contribution in [0.4, 0.5) is 0 Å². The normalized spacial score (nSPS) is 17.9. The summed E-state index contributed by atoms with van der Waals surface area (Å²) in [6.07, 6.45) is 0. The van der Waals surface area contributed by atoms with Crippen molar-refractivity contribution in [1.82, 2.24) is 10.2 Å². The summed E-state index contributed by atoms with van der Waals surface area (Å²) in [5.74, 6) is 0.146. The number of hydrogen-bond donors (Lipinski definition) is 1. The van der Waals surface area contributed by atoms with Crippen molar-refractivity contribution in [3.8, 4) is 0 Å². The minimum atomic E-state index is 0.115. The highest BCUT2D eigenvalue weighted by Crippen LogP contribution is 2.24. The van der Waals surface area contributed by atoms with Crippen LogP contribution in [0.1, 0.15) is 31.0 Å². The van der Waals surface area contributed by atoms with Crippen LogP contribution in [-0.4, -0.2) is 37.0 Å². The predicted octanol–water partition coefficient (Wildman–Crippen LogP) is 1.72. The van der Waals surface area contributed by atoms with Gasteiger partial charge < -0.3 is 9.64 Å². The fourth-order valence-electron chi connectivity index (χ4n) is 2.45. The number of fused-ring (bicyclic) bond motifs is 1. The number of amides is 1. The van der Waals surface area contributed by atoms with Crippen LogP contribution in [0.25, 0.3) is 0 Å². The van der Waals surface area contributed by atoms with Crippen LogP contribution in [0.3, 0.4) is 0 Å². The summed E-state index contributed by atoms with van der Waals surface area (Å²) in [5.41, 5.74) is 2.46. The second kappa shape index (κ2) is 6.68. The number of rotatable bonds is 5. The Labute approximate surface area is 114 Å². The molecule has 4 nitrogen and oxygen atoms in total.